The highest BCUT2D eigenvalue weighted by Crippen LogP contribution is 2.26. The molecule has 102 valence electrons. The van der Waals surface area contributed by atoms with Crippen molar-refractivity contribution >= 4 is 21.4 Å². The molecule has 19 heavy (non-hydrogen) atoms. The van der Waals surface area contributed by atoms with Gasteiger partial charge in [-0.2, -0.15) is 0 Å². The summed E-state index contributed by atoms with van der Waals surface area (Å²) in [6, 6.07) is 10.3. The van der Waals surface area contributed by atoms with E-state index in [1.54, 1.807) is 31.5 Å². The third-order valence-electron chi connectivity index (χ3n) is 2.70. The topological polar surface area (TPSA) is 55.4 Å². The molecule has 0 aliphatic rings. The summed E-state index contributed by atoms with van der Waals surface area (Å²) in [6.07, 6.45) is 0. The van der Waals surface area contributed by atoms with E-state index in [2.05, 4.69) is 4.72 Å². The SMILES string of the molecule is COc1ccccc1[C@H](C)NS(=O)(=O)c1cccs1. The lowest BCUT2D eigenvalue weighted by molar-refractivity contribution is 0.405. The zero-order valence-electron chi connectivity index (χ0n) is 10.7. The first-order chi connectivity index (χ1) is 9.04. The largest absolute Gasteiger partial charge is 0.496 e. The van der Waals surface area contributed by atoms with Gasteiger partial charge in [-0.15, -0.1) is 11.3 Å². The Hall–Kier alpha value is -1.37. The average Bonchev–Trinajstić information content (AvgIpc) is 2.93. The Morgan fingerprint density at radius 3 is 2.58 bits per heavy atom. The first-order valence-corrected chi connectivity index (χ1v) is 8.09. The minimum atomic E-state index is -3.48. The number of sulfonamides is 1. The number of ether oxygens (including phenoxy) is 1. The van der Waals surface area contributed by atoms with E-state index >= 15 is 0 Å². The van der Waals surface area contributed by atoms with Gasteiger partial charge < -0.3 is 4.74 Å². The number of hydrogen-bond donors (Lipinski definition) is 1. The second kappa shape index (κ2) is 5.73. The second-order valence-electron chi connectivity index (χ2n) is 4.02. The maximum atomic E-state index is 12.1. The van der Waals surface area contributed by atoms with Crippen LogP contribution in [0.3, 0.4) is 0 Å². The third kappa shape index (κ3) is 3.15. The number of benzene rings is 1. The molecule has 0 saturated carbocycles. The van der Waals surface area contributed by atoms with Gasteiger partial charge in [-0.25, -0.2) is 13.1 Å². The Balaban J connectivity index is 2.24. The predicted octanol–water partition coefficient (Wildman–Crippen LogP) is 2.80. The molecule has 4 nitrogen and oxygen atoms in total. The van der Waals surface area contributed by atoms with Crippen molar-refractivity contribution in [3.05, 3.63) is 47.3 Å². The summed E-state index contributed by atoms with van der Waals surface area (Å²) in [7, 11) is -1.91. The molecule has 0 spiro atoms. The monoisotopic (exact) mass is 297 g/mol. The maximum absolute atomic E-state index is 12.1. The van der Waals surface area contributed by atoms with Gasteiger partial charge in [0, 0.05) is 11.6 Å². The van der Waals surface area contributed by atoms with Crippen LogP contribution in [0.4, 0.5) is 0 Å². The third-order valence-corrected chi connectivity index (χ3v) is 5.64. The fourth-order valence-electron chi connectivity index (χ4n) is 1.79. The van der Waals surface area contributed by atoms with Gasteiger partial charge in [-0.05, 0) is 24.4 Å². The van der Waals surface area contributed by atoms with Crippen LogP contribution in [0.15, 0.2) is 46.0 Å². The van der Waals surface area contributed by atoms with Crippen LogP contribution in [0.1, 0.15) is 18.5 Å². The van der Waals surface area contributed by atoms with E-state index in [1.165, 1.54) is 11.3 Å². The van der Waals surface area contributed by atoms with E-state index in [1.807, 2.05) is 24.3 Å². The molecule has 2 rings (SSSR count). The van der Waals surface area contributed by atoms with Crippen LogP contribution in [0.5, 0.6) is 5.75 Å². The lowest BCUT2D eigenvalue weighted by Crippen LogP contribution is -2.26. The highest BCUT2D eigenvalue weighted by molar-refractivity contribution is 7.91. The van der Waals surface area contributed by atoms with Crippen LogP contribution >= 0.6 is 11.3 Å². The molecule has 0 unspecified atom stereocenters. The smallest absolute Gasteiger partial charge is 0.250 e. The van der Waals surface area contributed by atoms with Crippen molar-refractivity contribution in [3.63, 3.8) is 0 Å². The zero-order chi connectivity index (χ0) is 13.9. The summed E-state index contributed by atoms with van der Waals surface area (Å²) in [5, 5.41) is 1.74. The summed E-state index contributed by atoms with van der Waals surface area (Å²) in [6.45, 7) is 1.79. The maximum Gasteiger partial charge on any atom is 0.250 e. The van der Waals surface area contributed by atoms with Crippen molar-refractivity contribution in [2.24, 2.45) is 0 Å². The second-order valence-corrected chi connectivity index (χ2v) is 6.91. The zero-order valence-corrected chi connectivity index (χ0v) is 12.3. The number of nitrogens with one attached hydrogen (secondary N) is 1. The molecule has 2 aromatic rings. The van der Waals surface area contributed by atoms with Crippen LogP contribution in [0.25, 0.3) is 0 Å². The van der Waals surface area contributed by atoms with Crippen molar-refractivity contribution in [2.75, 3.05) is 7.11 Å². The molecule has 6 heteroatoms. The number of rotatable bonds is 5. The summed E-state index contributed by atoms with van der Waals surface area (Å²) in [5.41, 5.74) is 0.810. The van der Waals surface area contributed by atoms with Gasteiger partial charge in [-0.1, -0.05) is 24.3 Å². The summed E-state index contributed by atoms with van der Waals surface area (Å²) < 4.78 is 32.5. The Kier molecular flexibility index (Phi) is 4.24. The Morgan fingerprint density at radius 1 is 1.21 bits per heavy atom. The molecule has 1 aromatic carbocycles. The van der Waals surface area contributed by atoms with Crippen LogP contribution in [0, 0.1) is 0 Å². The lowest BCUT2D eigenvalue weighted by atomic mass is 10.1. The normalized spacial score (nSPS) is 13.2. The Labute approximate surface area is 117 Å². The first kappa shape index (κ1) is 14.0. The van der Waals surface area contributed by atoms with E-state index < -0.39 is 10.0 Å². The van der Waals surface area contributed by atoms with Crippen molar-refractivity contribution in [1.82, 2.24) is 4.72 Å². The van der Waals surface area contributed by atoms with E-state index in [0.29, 0.717) is 9.96 Å². The van der Waals surface area contributed by atoms with E-state index in [-0.39, 0.29) is 6.04 Å². The molecule has 1 heterocycles. The molecule has 0 bridgehead atoms. The molecule has 0 amide bonds. The molecule has 1 aromatic heterocycles. The van der Waals surface area contributed by atoms with Crippen molar-refractivity contribution < 1.29 is 13.2 Å². The van der Waals surface area contributed by atoms with E-state index in [4.69, 9.17) is 4.74 Å². The van der Waals surface area contributed by atoms with Crippen molar-refractivity contribution in [1.29, 1.82) is 0 Å². The average molecular weight is 297 g/mol. The molecular formula is C13H15NO3S2. The minimum absolute atomic E-state index is 0.314. The van der Waals surface area contributed by atoms with Gasteiger partial charge >= 0.3 is 0 Å². The highest BCUT2D eigenvalue weighted by Gasteiger charge is 2.20. The van der Waals surface area contributed by atoms with E-state index in [0.717, 1.165) is 5.56 Å². The standard InChI is InChI=1S/C13H15NO3S2/c1-10(11-6-3-4-7-12(11)17-2)14-19(15,16)13-8-5-9-18-13/h3-10,14H,1-2H3/t10-/m0/s1. The fraction of sp³-hybridized carbons (Fsp3) is 0.231. The van der Waals surface area contributed by atoms with Crippen LogP contribution in [0.2, 0.25) is 0 Å². The van der Waals surface area contributed by atoms with Gasteiger partial charge in [0.15, 0.2) is 0 Å². The van der Waals surface area contributed by atoms with Crippen LogP contribution < -0.4 is 9.46 Å². The first-order valence-electron chi connectivity index (χ1n) is 5.73. The number of thiophene rings is 1. The number of para-hydroxylation sites is 1. The summed E-state index contributed by atoms with van der Waals surface area (Å²) >= 11 is 1.20. The fourth-order valence-corrected chi connectivity index (χ4v) is 4.03. The van der Waals surface area contributed by atoms with Gasteiger partial charge in [-0.3, -0.25) is 0 Å². The molecule has 0 radical (unpaired) electrons. The van der Waals surface area contributed by atoms with Gasteiger partial charge in [0.05, 0.1) is 7.11 Å². The molecule has 1 N–H and O–H groups in total. The predicted molar refractivity (Wildman–Crippen MR) is 76.0 cm³/mol. The van der Waals surface area contributed by atoms with Gasteiger partial charge in [0.1, 0.15) is 9.96 Å². The van der Waals surface area contributed by atoms with Crippen molar-refractivity contribution in [3.8, 4) is 5.75 Å². The molecule has 0 aliphatic heterocycles. The van der Waals surface area contributed by atoms with Gasteiger partial charge in [0.25, 0.3) is 10.0 Å². The molecular weight excluding hydrogens is 282 g/mol. The molecule has 1 atom stereocenters. The van der Waals surface area contributed by atoms with Gasteiger partial charge in [0.2, 0.25) is 0 Å². The minimum Gasteiger partial charge on any atom is -0.496 e. The molecule has 0 saturated heterocycles. The van der Waals surface area contributed by atoms with E-state index in [9.17, 15) is 8.42 Å². The summed E-state index contributed by atoms with van der Waals surface area (Å²) in [5.74, 6) is 0.670. The van der Waals surface area contributed by atoms with Crippen molar-refractivity contribution in [2.45, 2.75) is 17.2 Å². The molecule has 0 fully saturated rings. The highest BCUT2D eigenvalue weighted by atomic mass is 32.2. The lowest BCUT2D eigenvalue weighted by Gasteiger charge is -2.16. The Morgan fingerprint density at radius 2 is 1.95 bits per heavy atom. The van der Waals surface area contributed by atoms with Crippen LogP contribution in [-0.2, 0) is 10.0 Å². The quantitative estimate of drug-likeness (QED) is 0.923. The Bertz CT molecular complexity index is 636. The molecule has 0 aliphatic carbocycles. The van der Waals surface area contributed by atoms with Crippen LogP contribution in [-0.4, -0.2) is 15.5 Å². The number of methoxy groups -OCH3 is 1. The summed E-state index contributed by atoms with van der Waals surface area (Å²) in [4.78, 5) is 0. The number of hydrogen-bond acceptors (Lipinski definition) is 4.